The molecule has 206 valence electrons. The Morgan fingerprint density at radius 2 is 1.48 bits per heavy atom. The van der Waals surface area contributed by atoms with Crippen LogP contribution in [0.15, 0.2) is 121 Å². The van der Waals surface area contributed by atoms with Crippen LogP contribution in [0.25, 0.3) is 11.1 Å². The first kappa shape index (κ1) is 29.3. The van der Waals surface area contributed by atoms with Crippen LogP contribution in [0.3, 0.4) is 0 Å². The second kappa shape index (κ2) is 13.1. The molecule has 0 saturated carbocycles. The summed E-state index contributed by atoms with van der Waals surface area (Å²) in [4.78, 5) is 0. The zero-order valence-electron chi connectivity index (χ0n) is 25.3. The van der Waals surface area contributed by atoms with Crippen LogP contribution >= 0.6 is 0 Å². The second-order valence-electron chi connectivity index (χ2n) is 12.6. The summed E-state index contributed by atoms with van der Waals surface area (Å²) in [5.74, 6) is 0.279. The van der Waals surface area contributed by atoms with Crippen molar-refractivity contribution >= 4 is 0 Å². The predicted molar refractivity (Wildman–Crippen MR) is 175 cm³/mol. The summed E-state index contributed by atoms with van der Waals surface area (Å²) < 4.78 is 0. The molecule has 0 spiro atoms. The SMILES string of the molecule is C=C(CC(C(=C)Cc1ccc(Cc2ccccc2-c2cccc(CC)c2)c(C)c1)c1ccccc1)CC(C)(C)C. The molecule has 4 rings (SSSR count). The normalized spacial score (nSPS) is 12.2. The smallest absolute Gasteiger partial charge is 0.00858 e. The second-order valence-corrected chi connectivity index (χ2v) is 12.6. The van der Waals surface area contributed by atoms with Crippen molar-refractivity contribution in [2.24, 2.45) is 5.41 Å². The highest BCUT2D eigenvalue weighted by Crippen LogP contribution is 2.36. The van der Waals surface area contributed by atoms with E-state index in [1.165, 1.54) is 55.7 Å². The van der Waals surface area contributed by atoms with Gasteiger partial charge in [0.25, 0.3) is 0 Å². The highest BCUT2D eigenvalue weighted by atomic mass is 14.2. The van der Waals surface area contributed by atoms with Crippen LogP contribution in [0, 0.1) is 12.3 Å². The average molecular weight is 527 g/mol. The summed E-state index contributed by atoms with van der Waals surface area (Å²) in [6, 6.07) is 35.6. The fraction of sp³-hybridized carbons (Fsp3) is 0.300. The molecule has 0 aliphatic rings. The van der Waals surface area contributed by atoms with Gasteiger partial charge in [0, 0.05) is 5.92 Å². The maximum atomic E-state index is 4.61. The van der Waals surface area contributed by atoms with Crippen LogP contribution in [0.4, 0.5) is 0 Å². The lowest BCUT2D eigenvalue weighted by Gasteiger charge is -2.25. The number of hydrogen-bond donors (Lipinski definition) is 0. The molecule has 1 unspecified atom stereocenters. The summed E-state index contributed by atoms with van der Waals surface area (Å²) in [5.41, 5.74) is 13.6. The van der Waals surface area contributed by atoms with E-state index in [1.807, 2.05) is 0 Å². The molecule has 0 fully saturated rings. The molecule has 0 N–H and O–H groups in total. The van der Waals surface area contributed by atoms with E-state index in [2.05, 4.69) is 145 Å². The van der Waals surface area contributed by atoms with Crippen molar-refractivity contribution in [1.29, 1.82) is 0 Å². The van der Waals surface area contributed by atoms with Gasteiger partial charge in [0.2, 0.25) is 0 Å². The van der Waals surface area contributed by atoms with Gasteiger partial charge in [-0.05, 0) is 89.0 Å². The Balaban J connectivity index is 1.53. The Kier molecular flexibility index (Phi) is 9.64. The van der Waals surface area contributed by atoms with Crippen molar-refractivity contribution in [2.45, 2.75) is 72.6 Å². The van der Waals surface area contributed by atoms with E-state index in [0.29, 0.717) is 0 Å². The van der Waals surface area contributed by atoms with Gasteiger partial charge in [-0.2, -0.15) is 0 Å². The van der Waals surface area contributed by atoms with Gasteiger partial charge in [-0.25, -0.2) is 0 Å². The zero-order valence-corrected chi connectivity index (χ0v) is 25.3. The Morgan fingerprint density at radius 1 is 0.750 bits per heavy atom. The van der Waals surface area contributed by atoms with E-state index in [-0.39, 0.29) is 11.3 Å². The van der Waals surface area contributed by atoms with Gasteiger partial charge in [-0.15, -0.1) is 0 Å². The average Bonchev–Trinajstić information content (AvgIpc) is 2.93. The van der Waals surface area contributed by atoms with Crippen LogP contribution in [0.2, 0.25) is 0 Å². The maximum Gasteiger partial charge on any atom is 0.00858 e. The monoisotopic (exact) mass is 526 g/mol. The van der Waals surface area contributed by atoms with Crippen molar-refractivity contribution in [1.82, 2.24) is 0 Å². The van der Waals surface area contributed by atoms with Crippen molar-refractivity contribution < 1.29 is 0 Å². The van der Waals surface area contributed by atoms with E-state index in [0.717, 1.165) is 32.1 Å². The lowest BCUT2D eigenvalue weighted by atomic mass is 9.79. The number of allylic oxidation sites excluding steroid dienone is 2. The largest absolute Gasteiger partial charge is 0.0998 e. The zero-order chi connectivity index (χ0) is 28.7. The number of hydrogen-bond acceptors (Lipinski definition) is 0. The van der Waals surface area contributed by atoms with Crippen molar-refractivity contribution in [3.8, 4) is 11.1 Å². The van der Waals surface area contributed by atoms with Crippen molar-refractivity contribution in [3.05, 3.63) is 155 Å². The van der Waals surface area contributed by atoms with Gasteiger partial charge in [0.05, 0.1) is 0 Å². The molecule has 1 atom stereocenters. The Bertz CT molecular complexity index is 1450. The molecule has 0 bridgehead atoms. The maximum absolute atomic E-state index is 4.61. The third-order valence-corrected chi connectivity index (χ3v) is 7.85. The van der Waals surface area contributed by atoms with Gasteiger partial charge < -0.3 is 0 Å². The fourth-order valence-electron chi connectivity index (χ4n) is 5.87. The molecule has 40 heavy (non-hydrogen) atoms. The highest BCUT2D eigenvalue weighted by molar-refractivity contribution is 5.68. The summed E-state index contributed by atoms with van der Waals surface area (Å²) in [5, 5.41) is 0. The molecule has 0 saturated heterocycles. The Morgan fingerprint density at radius 3 is 2.17 bits per heavy atom. The molecule has 0 heterocycles. The lowest BCUT2D eigenvalue weighted by molar-refractivity contribution is 0.402. The van der Waals surface area contributed by atoms with E-state index >= 15 is 0 Å². The number of benzene rings is 4. The van der Waals surface area contributed by atoms with Crippen LogP contribution in [0.5, 0.6) is 0 Å². The molecule has 0 radical (unpaired) electrons. The third kappa shape index (κ3) is 7.95. The van der Waals surface area contributed by atoms with Crippen molar-refractivity contribution in [2.75, 3.05) is 0 Å². The van der Waals surface area contributed by atoms with E-state index in [4.69, 9.17) is 0 Å². The first-order valence-electron chi connectivity index (χ1n) is 14.8. The quantitative estimate of drug-likeness (QED) is 0.170. The lowest BCUT2D eigenvalue weighted by Crippen LogP contribution is -2.10. The topological polar surface area (TPSA) is 0 Å². The molecule has 4 aromatic carbocycles. The van der Waals surface area contributed by atoms with E-state index in [9.17, 15) is 0 Å². The van der Waals surface area contributed by atoms with Gasteiger partial charge in [-0.1, -0.05) is 149 Å². The molecule has 0 aliphatic carbocycles. The van der Waals surface area contributed by atoms with Gasteiger partial charge in [0.15, 0.2) is 0 Å². The fourth-order valence-corrected chi connectivity index (χ4v) is 5.87. The minimum absolute atomic E-state index is 0.240. The third-order valence-electron chi connectivity index (χ3n) is 7.85. The summed E-state index contributed by atoms with van der Waals surface area (Å²) in [6.45, 7) is 20.4. The molecule has 0 amide bonds. The number of aryl methyl sites for hydroxylation is 2. The van der Waals surface area contributed by atoms with Crippen LogP contribution < -0.4 is 0 Å². The van der Waals surface area contributed by atoms with Crippen LogP contribution in [0.1, 0.15) is 79.8 Å². The molecule has 0 aromatic heterocycles. The number of rotatable bonds is 11. The minimum atomic E-state index is 0.240. The van der Waals surface area contributed by atoms with Crippen LogP contribution in [-0.4, -0.2) is 0 Å². The van der Waals surface area contributed by atoms with Gasteiger partial charge in [0.1, 0.15) is 0 Å². The molecule has 0 nitrogen and oxygen atoms in total. The Labute approximate surface area is 243 Å². The van der Waals surface area contributed by atoms with E-state index in [1.54, 1.807) is 0 Å². The van der Waals surface area contributed by atoms with Crippen molar-refractivity contribution in [3.63, 3.8) is 0 Å². The standard InChI is InChI=1S/C40H46/c1-8-32-15-14-19-36(26-32)38-20-13-12-18-37(38)27-35-22-21-33(24-30(35)3)25-31(4)39(34-16-10-9-11-17-34)23-29(2)28-40(5,6)7/h9-22,24,26,39H,2,4,8,23,25,27-28H2,1,3,5-7H3. The molecule has 0 heteroatoms. The minimum Gasteiger partial charge on any atom is -0.0998 e. The van der Waals surface area contributed by atoms with Gasteiger partial charge >= 0.3 is 0 Å². The molecule has 4 aromatic rings. The summed E-state index contributed by atoms with van der Waals surface area (Å²) >= 11 is 0. The molecular weight excluding hydrogens is 480 g/mol. The predicted octanol–water partition coefficient (Wildman–Crippen LogP) is 11.1. The first-order chi connectivity index (χ1) is 19.1. The van der Waals surface area contributed by atoms with Gasteiger partial charge in [-0.3, -0.25) is 0 Å². The summed E-state index contributed by atoms with van der Waals surface area (Å²) in [7, 11) is 0. The first-order valence-corrected chi connectivity index (χ1v) is 14.8. The highest BCUT2D eigenvalue weighted by Gasteiger charge is 2.20. The summed E-state index contributed by atoms with van der Waals surface area (Å²) in [6.07, 6.45) is 4.84. The molecule has 0 aliphatic heterocycles. The van der Waals surface area contributed by atoms with Crippen LogP contribution in [-0.2, 0) is 19.3 Å². The van der Waals surface area contributed by atoms with E-state index < -0.39 is 0 Å². The molecular formula is C40H46. The Hall–Kier alpha value is -3.64.